The summed E-state index contributed by atoms with van der Waals surface area (Å²) < 4.78 is 16.1. The van der Waals surface area contributed by atoms with Crippen molar-refractivity contribution in [2.75, 3.05) is 66.3 Å². The number of hydrogen-bond acceptors (Lipinski definition) is 5. The number of aliphatic imine (C=N–C) groups is 1. The molecule has 2 aliphatic rings. The number of nitrogens with zero attached hydrogens (tertiary/aromatic N) is 3. The quantitative estimate of drug-likeness (QED) is 0.247. The Morgan fingerprint density at radius 1 is 1.17 bits per heavy atom. The van der Waals surface area contributed by atoms with Crippen molar-refractivity contribution >= 4 is 29.9 Å². The maximum absolute atomic E-state index is 5.62. The van der Waals surface area contributed by atoms with Crippen LogP contribution in [0.4, 0.5) is 0 Å². The highest BCUT2D eigenvalue weighted by Gasteiger charge is 2.30. The lowest BCUT2D eigenvalue weighted by atomic mass is 10.2. The number of benzene rings is 1. The molecule has 1 aromatic carbocycles. The molecule has 1 N–H and O–H groups in total. The number of rotatable bonds is 8. The standard InChI is InChI=1S/C21H34N4O3.HI/c1-3-22-21(25-9-8-19(17-25)24-10-12-27-13-11-24)23-16-18-4-6-20(7-5-18)28-15-14-26-2;/h4-7,19H,3,8-17H2,1-2H3,(H,22,23);1H. The van der Waals surface area contributed by atoms with Crippen LogP contribution >= 0.6 is 24.0 Å². The van der Waals surface area contributed by atoms with Gasteiger partial charge < -0.3 is 24.4 Å². The van der Waals surface area contributed by atoms with Crippen molar-refractivity contribution in [3.05, 3.63) is 29.8 Å². The second kappa shape index (κ2) is 13.3. The first-order valence-electron chi connectivity index (χ1n) is 10.4. The van der Waals surface area contributed by atoms with Gasteiger partial charge in [-0.15, -0.1) is 24.0 Å². The molecule has 7 nitrogen and oxygen atoms in total. The fraction of sp³-hybridized carbons (Fsp3) is 0.667. The van der Waals surface area contributed by atoms with E-state index in [9.17, 15) is 0 Å². The van der Waals surface area contributed by atoms with Crippen LogP contribution in [0.15, 0.2) is 29.3 Å². The lowest BCUT2D eigenvalue weighted by molar-refractivity contribution is 0.0195. The first-order valence-corrected chi connectivity index (χ1v) is 10.4. The highest BCUT2D eigenvalue weighted by atomic mass is 127. The van der Waals surface area contributed by atoms with Crippen molar-refractivity contribution in [1.29, 1.82) is 0 Å². The summed E-state index contributed by atoms with van der Waals surface area (Å²) in [5.74, 6) is 1.88. The minimum atomic E-state index is 0. The number of hydrogen-bond donors (Lipinski definition) is 1. The van der Waals surface area contributed by atoms with Crippen molar-refractivity contribution in [2.45, 2.75) is 25.9 Å². The van der Waals surface area contributed by atoms with Gasteiger partial charge in [-0.3, -0.25) is 4.90 Å². The van der Waals surface area contributed by atoms with E-state index < -0.39 is 0 Å². The van der Waals surface area contributed by atoms with Gasteiger partial charge in [0.2, 0.25) is 0 Å². The lowest BCUT2D eigenvalue weighted by Crippen LogP contribution is -2.46. The number of nitrogens with one attached hydrogen (secondary N) is 1. The third kappa shape index (κ3) is 7.58. The van der Waals surface area contributed by atoms with Crippen LogP contribution in [-0.2, 0) is 16.0 Å². The fourth-order valence-corrected chi connectivity index (χ4v) is 3.70. The van der Waals surface area contributed by atoms with Crippen LogP contribution in [0.1, 0.15) is 18.9 Å². The first kappa shape index (κ1) is 24.2. The van der Waals surface area contributed by atoms with E-state index in [2.05, 4.69) is 34.2 Å². The monoisotopic (exact) mass is 518 g/mol. The van der Waals surface area contributed by atoms with Gasteiger partial charge in [-0.1, -0.05) is 12.1 Å². The summed E-state index contributed by atoms with van der Waals surface area (Å²) >= 11 is 0. The van der Waals surface area contributed by atoms with E-state index in [1.807, 2.05) is 12.1 Å². The number of methoxy groups -OCH3 is 1. The van der Waals surface area contributed by atoms with Crippen molar-refractivity contribution in [3.63, 3.8) is 0 Å². The van der Waals surface area contributed by atoms with Gasteiger partial charge in [-0.25, -0.2) is 4.99 Å². The van der Waals surface area contributed by atoms with Crippen LogP contribution in [0.5, 0.6) is 5.75 Å². The van der Waals surface area contributed by atoms with Crippen LogP contribution in [0.2, 0.25) is 0 Å². The first-order chi connectivity index (χ1) is 13.8. The summed E-state index contributed by atoms with van der Waals surface area (Å²) in [6, 6.07) is 8.76. The highest BCUT2D eigenvalue weighted by Crippen LogP contribution is 2.18. The summed E-state index contributed by atoms with van der Waals surface area (Å²) in [4.78, 5) is 9.84. The normalized spacial score (nSPS) is 20.4. The van der Waals surface area contributed by atoms with E-state index >= 15 is 0 Å². The summed E-state index contributed by atoms with van der Waals surface area (Å²) in [7, 11) is 1.68. The smallest absolute Gasteiger partial charge is 0.194 e. The predicted molar refractivity (Wildman–Crippen MR) is 126 cm³/mol. The van der Waals surface area contributed by atoms with E-state index in [1.165, 1.54) is 12.0 Å². The Morgan fingerprint density at radius 2 is 1.93 bits per heavy atom. The zero-order valence-electron chi connectivity index (χ0n) is 17.6. The molecule has 0 bridgehead atoms. The van der Waals surface area contributed by atoms with Gasteiger partial charge in [0.15, 0.2) is 5.96 Å². The predicted octanol–water partition coefficient (Wildman–Crippen LogP) is 2.20. The van der Waals surface area contributed by atoms with Gasteiger partial charge in [0.05, 0.1) is 26.4 Å². The summed E-state index contributed by atoms with van der Waals surface area (Å²) in [6.45, 7) is 10.7. The number of morpholine rings is 1. The summed E-state index contributed by atoms with van der Waals surface area (Å²) in [6.07, 6.45) is 1.19. The molecule has 0 spiro atoms. The Hall–Kier alpha value is -1.10. The molecule has 0 amide bonds. The molecule has 1 atom stereocenters. The molecule has 8 heteroatoms. The van der Waals surface area contributed by atoms with E-state index in [4.69, 9.17) is 19.2 Å². The molecule has 1 unspecified atom stereocenters. The van der Waals surface area contributed by atoms with Crippen LogP contribution < -0.4 is 10.1 Å². The van der Waals surface area contributed by atoms with Crippen molar-refractivity contribution in [1.82, 2.24) is 15.1 Å². The van der Waals surface area contributed by atoms with Crippen molar-refractivity contribution in [3.8, 4) is 5.75 Å². The average Bonchev–Trinajstić information content (AvgIpc) is 3.23. The maximum atomic E-state index is 5.62. The zero-order valence-corrected chi connectivity index (χ0v) is 20.0. The van der Waals surface area contributed by atoms with Gasteiger partial charge in [-0.05, 0) is 31.0 Å². The SMILES string of the molecule is CCNC(=NCc1ccc(OCCOC)cc1)N1CCC(N2CCOCC2)C1.I. The number of guanidine groups is 1. The van der Waals surface area contributed by atoms with Crippen molar-refractivity contribution < 1.29 is 14.2 Å². The van der Waals surface area contributed by atoms with Crippen molar-refractivity contribution in [2.24, 2.45) is 4.99 Å². The fourth-order valence-electron chi connectivity index (χ4n) is 3.70. The molecule has 0 radical (unpaired) electrons. The van der Waals surface area contributed by atoms with Crippen LogP contribution in [0, 0.1) is 0 Å². The summed E-state index contributed by atoms with van der Waals surface area (Å²) in [5.41, 5.74) is 1.18. The van der Waals surface area contributed by atoms with E-state index in [0.717, 1.165) is 57.6 Å². The number of ether oxygens (including phenoxy) is 3. The number of halogens is 1. The molecule has 29 heavy (non-hydrogen) atoms. The molecule has 1 aromatic rings. The molecule has 0 aromatic heterocycles. The van der Waals surface area contributed by atoms with Gasteiger partial charge in [0, 0.05) is 45.9 Å². The number of likely N-dealkylation sites (tertiary alicyclic amines) is 1. The second-order valence-electron chi connectivity index (χ2n) is 7.19. The molecule has 0 saturated carbocycles. The molecule has 164 valence electrons. The molecular weight excluding hydrogens is 483 g/mol. The molecule has 2 aliphatic heterocycles. The van der Waals surface area contributed by atoms with Crippen LogP contribution in [0.25, 0.3) is 0 Å². The largest absolute Gasteiger partial charge is 0.491 e. The van der Waals surface area contributed by atoms with Gasteiger partial charge in [0.25, 0.3) is 0 Å². The second-order valence-corrected chi connectivity index (χ2v) is 7.19. The van der Waals surface area contributed by atoms with Gasteiger partial charge in [-0.2, -0.15) is 0 Å². The Balaban J connectivity index is 0.00000300. The molecular formula is C21H35IN4O3. The minimum Gasteiger partial charge on any atom is -0.491 e. The summed E-state index contributed by atoms with van der Waals surface area (Å²) in [5, 5.41) is 3.46. The zero-order chi connectivity index (χ0) is 19.6. The molecule has 2 heterocycles. The molecule has 0 aliphatic carbocycles. The van der Waals surface area contributed by atoms with E-state index in [1.54, 1.807) is 7.11 Å². The molecule has 3 rings (SSSR count). The third-order valence-corrected chi connectivity index (χ3v) is 5.25. The van der Waals surface area contributed by atoms with E-state index in [0.29, 0.717) is 25.8 Å². The van der Waals surface area contributed by atoms with Gasteiger partial charge >= 0.3 is 0 Å². The lowest BCUT2D eigenvalue weighted by Gasteiger charge is -2.32. The minimum absolute atomic E-state index is 0. The van der Waals surface area contributed by atoms with Crippen LogP contribution in [-0.4, -0.2) is 88.1 Å². The Labute approximate surface area is 191 Å². The van der Waals surface area contributed by atoms with E-state index in [-0.39, 0.29) is 24.0 Å². The topological polar surface area (TPSA) is 58.6 Å². The average molecular weight is 518 g/mol. The molecule has 2 fully saturated rings. The molecule has 2 saturated heterocycles. The Bertz CT molecular complexity index is 608. The Kier molecular flexibility index (Phi) is 11.0. The maximum Gasteiger partial charge on any atom is 0.194 e. The Morgan fingerprint density at radius 3 is 2.62 bits per heavy atom. The van der Waals surface area contributed by atoms with Crippen LogP contribution in [0.3, 0.4) is 0 Å². The third-order valence-electron chi connectivity index (χ3n) is 5.25. The van der Waals surface area contributed by atoms with Gasteiger partial charge in [0.1, 0.15) is 12.4 Å². The highest BCUT2D eigenvalue weighted by molar-refractivity contribution is 14.0.